The van der Waals surface area contributed by atoms with E-state index in [9.17, 15) is 5.26 Å². The van der Waals surface area contributed by atoms with Crippen molar-refractivity contribution in [3.63, 3.8) is 0 Å². The fraction of sp³-hybridized carbons (Fsp3) is 0.562. The van der Waals surface area contributed by atoms with E-state index in [0.29, 0.717) is 5.25 Å². The summed E-state index contributed by atoms with van der Waals surface area (Å²) in [6.07, 6.45) is 0.842. The Morgan fingerprint density at radius 1 is 1.37 bits per heavy atom. The van der Waals surface area contributed by atoms with Crippen molar-refractivity contribution in [1.29, 1.82) is 5.26 Å². The zero-order chi connectivity index (χ0) is 14.5. The van der Waals surface area contributed by atoms with Crippen LogP contribution in [0.5, 0.6) is 0 Å². The summed E-state index contributed by atoms with van der Waals surface area (Å²) in [7, 11) is 0. The first kappa shape index (κ1) is 16.1. The molecule has 1 aromatic rings. The minimum absolute atomic E-state index is 0.408. The summed E-state index contributed by atoms with van der Waals surface area (Å²) in [5.41, 5.74) is 2.22. The summed E-state index contributed by atoms with van der Waals surface area (Å²) in [5.74, 6) is 0. The Morgan fingerprint density at radius 3 is 2.58 bits per heavy atom. The Morgan fingerprint density at radius 2 is 2.05 bits per heavy atom. The molecule has 0 bridgehead atoms. The van der Waals surface area contributed by atoms with Crippen LogP contribution in [0.4, 0.5) is 0 Å². The number of hydrogen-bond donors (Lipinski definition) is 1. The summed E-state index contributed by atoms with van der Waals surface area (Å²) in [6, 6.07) is 8.95. The predicted octanol–water partition coefficient (Wildman–Crippen LogP) is 4.07. The summed E-state index contributed by atoms with van der Waals surface area (Å²) in [6.45, 7) is 11.3. The van der Waals surface area contributed by atoms with Gasteiger partial charge in [-0.15, -0.1) is 11.8 Å². The van der Waals surface area contributed by atoms with Gasteiger partial charge in [0.25, 0.3) is 0 Å². The third-order valence-corrected chi connectivity index (χ3v) is 4.42. The van der Waals surface area contributed by atoms with Gasteiger partial charge in [-0.3, -0.25) is 5.32 Å². The molecule has 0 amide bonds. The SMILES string of the molecule is CCNC(C)(C#N)CC(C)Sc1ccc(C)c(C)c1. The lowest BCUT2D eigenvalue weighted by atomic mass is 9.98. The van der Waals surface area contributed by atoms with Gasteiger partial charge in [0.2, 0.25) is 0 Å². The molecule has 0 saturated heterocycles. The Bertz CT molecular complexity index is 464. The van der Waals surface area contributed by atoms with Crippen molar-refractivity contribution >= 4 is 11.8 Å². The first-order chi connectivity index (χ1) is 8.90. The lowest BCUT2D eigenvalue weighted by molar-refractivity contribution is 0.429. The maximum absolute atomic E-state index is 9.29. The van der Waals surface area contributed by atoms with Gasteiger partial charge < -0.3 is 0 Å². The van der Waals surface area contributed by atoms with E-state index in [1.165, 1.54) is 16.0 Å². The zero-order valence-electron chi connectivity index (χ0n) is 12.6. The number of benzene rings is 1. The first-order valence-corrected chi connectivity index (χ1v) is 7.68. The highest BCUT2D eigenvalue weighted by atomic mass is 32.2. The van der Waals surface area contributed by atoms with Crippen LogP contribution in [0.3, 0.4) is 0 Å². The molecule has 2 nitrogen and oxygen atoms in total. The van der Waals surface area contributed by atoms with Crippen LogP contribution in [0.25, 0.3) is 0 Å². The van der Waals surface area contributed by atoms with Crippen molar-refractivity contribution < 1.29 is 0 Å². The number of nitrogens with zero attached hydrogens (tertiary/aromatic N) is 1. The van der Waals surface area contributed by atoms with Crippen molar-refractivity contribution in [3.8, 4) is 6.07 Å². The van der Waals surface area contributed by atoms with Crippen LogP contribution in [0.15, 0.2) is 23.1 Å². The second-order valence-electron chi connectivity index (χ2n) is 5.35. The topological polar surface area (TPSA) is 35.8 Å². The molecule has 19 heavy (non-hydrogen) atoms. The number of rotatable bonds is 6. The average Bonchev–Trinajstić information content (AvgIpc) is 2.34. The fourth-order valence-corrected chi connectivity index (χ4v) is 3.46. The van der Waals surface area contributed by atoms with Crippen LogP contribution in [0, 0.1) is 25.2 Å². The Labute approximate surface area is 121 Å². The van der Waals surface area contributed by atoms with Crippen LogP contribution in [0.2, 0.25) is 0 Å². The number of hydrogen-bond acceptors (Lipinski definition) is 3. The van der Waals surface area contributed by atoms with E-state index in [2.05, 4.69) is 50.4 Å². The van der Waals surface area contributed by atoms with Crippen molar-refractivity contribution in [3.05, 3.63) is 29.3 Å². The van der Waals surface area contributed by atoms with Gasteiger partial charge in [0.1, 0.15) is 5.54 Å². The Hall–Kier alpha value is -0.980. The molecule has 1 aromatic carbocycles. The fourth-order valence-electron chi connectivity index (χ4n) is 2.18. The van der Waals surface area contributed by atoms with E-state index in [1.807, 2.05) is 25.6 Å². The van der Waals surface area contributed by atoms with Crippen molar-refractivity contribution in [2.75, 3.05) is 6.54 Å². The van der Waals surface area contributed by atoms with Gasteiger partial charge in [0.05, 0.1) is 6.07 Å². The lowest BCUT2D eigenvalue weighted by Gasteiger charge is -2.25. The molecule has 0 radical (unpaired) electrons. The summed E-state index contributed by atoms with van der Waals surface area (Å²) >= 11 is 1.84. The van der Waals surface area contributed by atoms with Gasteiger partial charge >= 0.3 is 0 Å². The Balaban J connectivity index is 2.67. The van der Waals surface area contributed by atoms with Crippen LogP contribution in [0.1, 0.15) is 38.3 Å². The summed E-state index contributed by atoms with van der Waals surface area (Å²) in [5, 5.41) is 13.0. The third kappa shape index (κ3) is 4.89. The van der Waals surface area contributed by atoms with Gasteiger partial charge in [-0.2, -0.15) is 5.26 Å². The van der Waals surface area contributed by atoms with Crippen molar-refractivity contribution in [2.24, 2.45) is 0 Å². The maximum Gasteiger partial charge on any atom is 0.104 e. The van der Waals surface area contributed by atoms with Gasteiger partial charge in [-0.25, -0.2) is 0 Å². The summed E-state index contributed by atoms with van der Waals surface area (Å²) in [4.78, 5) is 1.28. The van der Waals surface area contributed by atoms with Gasteiger partial charge in [0.15, 0.2) is 0 Å². The molecule has 0 saturated carbocycles. The first-order valence-electron chi connectivity index (χ1n) is 6.80. The monoisotopic (exact) mass is 276 g/mol. The van der Waals surface area contributed by atoms with Crippen LogP contribution >= 0.6 is 11.8 Å². The zero-order valence-corrected chi connectivity index (χ0v) is 13.4. The second-order valence-corrected chi connectivity index (χ2v) is 6.86. The highest BCUT2D eigenvalue weighted by Gasteiger charge is 2.25. The molecule has 0 heterocycles. The third-order valence-electron chi connectivity index (χ3n) is 3.33. The standard InChI is InChI=1S/C16H24N2S/c1-6-18-16(5,11-17)10-14(4)19-15-8-7-12(2)13(3)9-15/h7-9,14,18H,6,10H2,1-5H3. The summed E-state index contributed by atoms with van der Waals surface area (Å²) < 4.78 is 0. The molecule has 0 spiro atoms. The molecule has 0 aliphatic heterocycles. The van der Waals surface area contributed by atoms with Crippen LogP contribution in [-0.2, 0) is 0 Å². The second kappa shape index (κ2) is 6.98. The van der Waals surface area contributed by atoms with Gasteiger partial charge in [-0.05, 0) is 57.0 Å². The normalized spacial score (nSPS) is 15.6. The van der Waals surface area contributed by atoms with Crippen LogP contribution in [-0.4, -0.2) is 17.3 Å². The number of thioether (sulfide) groups is 1. The number of nitrogens with one attached hydrogen (secondary N) is 1. The molecular weight excluding hydrogens is 252 g/mol. The van der Waals surface area contributed by atoms with E-state index >= 15 is 0 Å². The molecule has 2 unspecified atom stereocenters. The highest BCUT2D eigenvalue weighted by Crippen LogP contribution is 2.29. The molecule has 0 fully saturated rings. The van der Waals surface area contributed by atoms with Crippen molar-refractivity contribution in [2.45, 2.75) is 56.7 Å². The molecule has 0 aliphatic rings. The molecule has 1 N–H and O–H groups in total. The van der Waals surface area contributed by atoms with Gasteiger partial charge in [-0.1, -0.05) is 19.9 Å². The number of nitriles is 1. The quantitative estimate of drug-likeness (QED) is 0.796. The average molecular weight is 276 g/mol. The molecule has 1 rings (SSSR count). The molecule has 0 aliphatic carbocycles. The molecule has 0 aromatic heterocycles. The van der Waals surface area contributed by atoms with E-state index < -0.39 is 5.54 Å². The lowest BCUT2D eigenvalue weighted by Crippen LogP contribution is -2.42. The smallest absolute Gasteiger partial charge is 0.104 e. The minimum atomic E-state index is -0.430. The molecule has 2 atom stereocenters. The van der Waals surface area contributed by atoms with Crippen LogP contribution < -0.4 is 5.32 Å². The van der Waals surface area contributed by atoms with E-state index in [0.717, 1.165) is 13.0 Å². The van der Waals surface area contributed by atoms with Crippen molar-refractivity contribution in [1.82, 2.24) is 5.32 Å². The van der Waals surface area contributed by atoms with E-state index in [1.54, 1.807) is 0 Å². The molecular formula is C16H24N2S. The molecule has 3 heteroatoms. The Kier molecular flexibility index (Phi) is 5.90. The number of aryl methyl sites for hydroxylation is 2. The molecule has 104 valence electrons. The van der Waals surface area contributed by atoms with E-state index in [4.69, 9.17) is 0 Å². The largest absolute Gasteiger partial charge is 0.300 e. The predicted molar refractivity (Wildman–Crippen MR) is 83.5 cm³/mol. The minimum Gasteiger partial charge on any atom is -0.300 e. The van der Waals surface area contributed by atoms with Gasteiger partial charge in [0, 0.05) is 10.1 Å². The van der Waals surface area contributed by atoms with E-state index in [-0.39, 0.29) is 0 Å². The highest BCUT2D eigenvalue weighted by molar-refractivity contribution is 7.99. The maximum atomic E-state index is 9.29.